The zero-order valence-corrected chi connectivity index (χ0v) is 21.1. The molecule has 0 N–H and O–H groups in total. The number of ether oxygens (including phenoxy) is 5. The van der Waals surface area contributed by atoms with Crippen LogP contribution in [0.4, 0.5) is 0 Å². The van der Waals surface area contributed by atoms with E-state index in [4.69, 9.17) is 23.7 Å². The summed E-state index contributed by atoms with van der Waals surface area (Å²) in [6, 6.07) is 31.3. The molecular formula is C32H26O6. The minimum Gasteiger partial charge on any atom is -0.467 e. The number of carbonyl (C=O) groups excluding carboxylic acids is 1. The minimum atomic E-state index is -1.20. The Hall–Kier alpha value is -4.39. The van der Waals surface area contributed by atoms with E-state index in [1.807, 2.05) is 97.1 Å². The van der Waals surface area contributed by atoms with Crippen molar-refractivity contribution in [3.8, 4) is 11.5 Å². The van der Waals surface area contributed by atoms with E-state index < -0.39 is 5.60 Å². The molecule has 0 saturated carbocycles. The summed E-state index contributed by atoms with van der Waals surface area (Å²) in [5, 5.41) is 3.61. The predicted molar refractivity (Wildman–Crippen MR) is 145 cm³/mol. The standard InChI is InChI=1S/C32H26O6/c1-34-19-36-29-17-15-27(21-9-3-5-11-23(21)29)32(26-14-8-7-13-25(26)31(33)38-32)28-16-18-30(37-20-35-2)24-12-6-4-10-22(24)28/h3-18H,19-20H2,1-2H3. The van der Waals surface area contributed by atoms with Crippen LogP contribution in [0.3, 0.4) is 0 Å². The minimum absolute atomic E-state index is 0.125. The van der Waals surface area contributed by atoms with Crippen LogP contribution in [0.15, 0.2) is 97.1 Å². The number of rotatable bonds is 8. The quantitative estimate of drug-likeness (QED) is 0.179. The fraction of sp³-hybridized carbons (Fsp3) is 0.156. The maximum Gasteiger partial charge on any atom is 0.340 e. The van der Waals surface area contributed by atoms with Crippen molar-refractivity contribution in [1.82, 2.24) is 0 Å². The summed E-state index contributed by atoms with van der Waals surface area (Å²) in [4.78, 5) is 13.4. The lowest BCUT2D eigenvalue weighted by Crippen LogP contribution is -2.30. The smallest absolute Gasteiger partial charge is 0.340 e. The Morgan fingerprint density at radius 3 is 1.58 bits per heavy atom. The summed E-state index contributed by atoms with van der Waals surface area (Å²) < 4.78 is 28.5. The van der Waals surface area contributed by atoms with Crippen molar-refractivity contribution in [2.45, 2.75) is 5.60 Å². The van der Waals surface area contributed by atoms with Gasteiger partial charge in [-0.3, -0.25) is 0 Å². The molecule has 5 aromatic carbocycles. The molecule has 0 aromatic heterocycles. The first-order valence-electron chi connectivity index (χ1n) is 12.3. The van der Waals surface area contributed by atoms with Crippen LogP contribution in [-0.2, 0) is 19.8 Å². The lowest BCUT2D eigenvalue weighted by molar-refractivity contribution is 0.0259. The fourth-order valence-corrected chi connectivity index (χ4v) is 5.42. The molecule has 6 heteroatoms. The molecule has 1 aliphatic heterocycles. The molecule has 0 spiro atoms. The number of benzene rings is 5. The highest BCUT2D eigenvalue weighted by atomic mass is 16.7. The third-order valence-corrected chi connectivity index (χ3v) is 6.96. The third-order valence-electron chi connectivity index (χ3n) is 6.96. The monoisotopic (exact) mass is 506 g/mol. The summed E-state index contributed by atoms with van der Waals surface area (Å²) in [7, 11) is 3.18. The molecule has 5 aromatic rings. The third kappa shape index (κ3) is 3.69. The second-order valence-electron chi connectivity index (χ2n) is 9.03. The summed E-state index contributed by atoms with van der Waals surface area (Å²) in [6.07, 6.45) is 0. The van der Waals surface area contributed by atoms with Crippen LogP contribution in [0.1, 0.15) is 27.0 Å². The lowest BCUT2D eigenvalue weighted by atomic mass is 9.76. The van der Waals surface area contributed by atoms with Gasteiger partial charge in [-0.25, -0.2) is 4.79 Å². The first-order chi connectivity index (χ1) is 18.7. The van der Waals surface area contributed by atoms with Gasteiger partial charge in [0.05, 0.1) is 5.56 Å². The van der Waals surface area contributed by atoms with Gasteiger partial charge in [0.25, 0.3) is 0 Å². The summed E-state index contributed by atoms with van der Waals surface area (Å²) in [5.41, 5.74) is 1.81. The summed E-state index contributed by atoms with van der Waals surface area (Å²) in [5.74, 6) is 1.01. The van der Waals surface area contributed by atoms with Crippen molar-refractivity contribution in [1.29, 1.82) is 0 Å². The maximum absolute atomic E-state index is 13.4. The van der Waals surface area contributed by atoms with Gasteiger partial charge < -0.3 is 23.7 Å². The Balaban J connectivity index is 1.69. The number of hydrogen-bond acceptors (Lipinski definition) is 6. The number of fused-ring (bicyclic) bond motifs is 3. The SMILES string of the molecule is COCOc1ccc(C2(c3ccc(OCOC)c4ccccc34)OC(=O)c3ccccc32)c2ccccc12. The van der Waals surface area contributed by atoms with Crippen molar-refractivity contribution in [2.24, 2.45) is 0 Å². The van der Waals surface area contributed by atoms with Gasteiger partial charge in [-0.05, 0) is 41.1 Å². The van der Waals surface area contributed by atoms with Gasteiger partial charge in [0.1, 0.15) is 11.5 Å². The topological polar surface area (TPSA) is 63.2 Å². The number of methoxy groups -OCH3 is 2. The Kier molecular flexibility index (Phi) is 6.19. The molecule has 0 bridgehead atoms. The highest BCUT2D eigenvalue weighted by molar-refractivity contribution is 6.02. The van der Waals surface area contributed by atoms with Crippen LogP contribution in [0.2, 0.25) is 0 Å². The van der Waals surface area contributed by atoms with Gasteiger partial charge in [0.2, 0.25) is 0 Å². The molecular weight excluding hydrogens is 480 g/mol. The highest BCUT2D eigenvalue weighted by Crippen LogP contribution is 2.52. The average molecular weight is 507 g/mol. The van der Waals surface area contributed by atoms with Crippen LogP contribution in [0.25, 0.3) is 21.5 Å². The van der Waals surface area contributed by atoms with E-state index >= 15 is 0 Å². The van der Waals surface area contributed by atoms with Crippen molar-refractivity contribution >= 4 is 27.5 Å². The number of cyclic esters (lactones) is 1. The number of hydrogen-bond donors (Lipinski definition) is 0. The van der Waals surface area contributed by atoms with Gasteiger partial charge in [-0.15, -0.1) is 0 Å². The lowest BCUT2D eigenvalue weighted by Gasteiger charge is -2.33. The van der Waals surface area contributed by atoms with Crippen LogP contribution in [-0.4, -0.2) is 33.8 Å². The summed E-state index contributed by atoms with van der Waals surface area (Å²) in [6.45, 7) is 0.250. The predicted octanol–water partition coefficient (Wildman–Crippen LogP) is 6.42. The van der Waals surface area contributed by atoms with Crippen LogP contribution >= 0.6 is 0 Å². The molecule has 0 fully saturated rings. The Labute approximate surface area is 220 Å². The number of carbonyl (C=O) groups is 1. The Morgan fingerprint density at radius 2 is 1.05 bits per heavy atom. The van der Waals surface area contributed by atoms with E-state index in [-0.39, 0.29) is 19.6 Å². The summed E-state index contributed by atoms with van der Waals surface area (Å²) >= 11 is 0. The highest BCUT2D eigenvalue weighted by Gasteiger charge is 2.50. The molecule has 1 aliphatic rings. The maximum atomic E-state index is 13.4. The first-order valence-corrected chi connectivity index (χ1v) is 12.3. The normalized spacial score (nSPS) is 13.9. The molecule has 0 amide bonds. The zero-order valence-electron chi connectivity index (χ0n) is 21.1. The first kappa shape index (κ1) is 24.0. The van der Waals surface area contributed by atoms with Crippen molar-refractivity contribution in [3.05, 3.63) is 119 Å². The second-order valence-corrected chi connectivity index (χ2v) is 9.03. The van der Waals surface area contributed by atoms with Crippen LogP contribution in [0.5, 0.6) is 11.5 Å². The fourth-order valence-electron chi connectivity index (χ4n) is 5.42. The molecule has 6 nitrogen and oxygen atoms in total. The molecule has 6 rings (SSSR count). The molecule has 0 atom stereocenters. The Bertz CT molecular complexity index is 1570. The number of esters is 1. The molecule has 0 unspecified atom stereocenters. The van der Waals surface area contributed by atoms with Crippen LogP contribution < -0.4 is 9.47 Å². The van der Waals surface area contributed by atoms with Crippen molar-refractivity contribution in [2.75, 3.05) is 27.8 Å². The van der Waals surface area contributed by atoms with E-state index in [1.54, 1.807) is 14.2 Å². The molecule has 38 heavy (non-hydrogen) atoms. The molecule has 1 heterocycles. The van der Waals surface area contributed by atoms with Gasteiger partial charge in [0, 0.05) is 41.7 Å². The largest absolute Gasteiger partial charge is 0.467 e. The van der Waals surface area contributed by atoms with E-state index in [0.29, 0.717) is 17.1 Å². The Morgan fingerprint density at radius 1 is 0.579 bits per heavy atom. The van der Waals surface area contributed by atoms with Crippen LogP contribution in [0, 0.1) is 0 Å². The van der Waals surface area contributed by atoms with Gasteiger partial charge >= 0.3 is 5.97 Å². The molecule has 190 valence electrons. The van der Waals surface area contributed by atoms with E-state index in [9.17, 15) is 4.79 Å². The second kappa shape index (κ2) is 9.82. The van der Waals surface area contributed by atoms with E-state index in [1.165, 1.54) is 0 Å². The molecule has 0 aliphatic carbocycles. The van der Waals surface area contributed by atoms with E-state index in [2.05, 4.69) is 0 Å². The molecule has 0 radical (unpaired) electrons. The van der Waals surface area contributed by atoms with Gasteiger partial charge in [0.15, 0.2) is 19.2 Å². The van der Waals surface area contributed by atoms with E-state index in [0.717, 1.165) is 38.2 Å². The zero-order chi connectivity index (χ0) is 26.1. The van der Waals surface area contributed by atoms with Gasteiger partial charge in [-0.2, -0.15) is 0 Å². The molecule has 0 saturated heterocycles. The van der Waals surface area contributed by atoms with Gasteiger partial charge in [-0.1, -0.05) is 66.7 Å². The average Bonchev–Trinajstić information content (AvgIpc) is 3.27. The van der Waals surface area contributed by atoms with Crippen molar-refractivity contribution in [3.63, 3.8) is 0 Å². The van der Waals surface area contributed by atoms with Crippen molar-refractivity contribution < 1.29 is 28.5 Å².